The Balaban J connectivity index is 2.15. The number of halogens is 1. The molecule has 0 aliphatic carbocycles. The molecule has 2 rings (SSSR count). The molecule has 0 saturated carbocycles. The highest BCUT2D eigenvalue weighted by atomic mass is 79.9. The summed E-state index contributed by atoms with van der Waals surface area (Å²) in [7, 11) is 0. The molecule has 70 valence electrons. The number of hydrogen-bond donors (Lipinski definition) is 0. The van der Waals surface area contributed by atoms with Gasteiger partial charge in [0.05, 0.1) is 5.69 Å². The van der Waals surface area contributed by atoms with Crippen molar-refractivity contribution in [2.45, 2.75) is 0 Å². The van der Waals surface area contributed by atoms with Crippen LogP contribution >= 0.6 is 27.3 Å². The van der Waals surface area contributed by atoms with E-state index >= 15 is 0 Å². The largest absolute Gasteiger partial charge is 0.256 e. The first-order valence-corrected chi connectivity index (χ1v) is 5.85. The van der Waals surface area contributed by atoms with Crippen LogP contribution < -0.4 is 0 Å². The van der Waals surface area contributed by atoms with Crippen molar-refractivity contribution in [1.82, 2.24) is 4.98 Å². The zero-order valence-electron chi connectivity index (χ0n) is 7.35. The van der Waals surface area contributed by atoms with Gasteiger partial charge in [0.2, 0.25) is 0 Å². The van der Waals surface area contributed by atoms with Crippen LogP contribution in [0.25, 0.3) is 12.2 Å². The maximum absolute atomic E-state index is 4.25. The number of pyridine rings is 1. The molecular weight excluding hydrogens is 258 g/mol. The normalized spacial score (nSPS) is 10.9. The van der Waals surface area contributed by atoms with Gasteiger partial charge in [-0.25, -0.2) is 0 Å². The Morgan fingerprint density at radius 3 is 2.79 bits per heavy atom. The Hall–Kier alpha value is -0.930. The number of hydrogen-bond acceptors (Lipinski definition) is 2. The van der Waals surface area contributed by atoms with Gasteiger partial charge in [-0.3, -0.25) is 4.98 Å². The van der Waals surface area contributed by atoms with Crippen LogP contribution in [0.2, 0.25) is 0 Å². The van der Waals surface area contributed by atoms with E-state index in [0.717, 1.165) is 10.2 Å². The summed E-state index contributed by atoms with van der Waals surface area (Å²) in [6.07, 6.45) is 5.88. The minimum atomic E-state index is 0.974. The van der Waals surface area contributed by atoms with Gasteiger partial charge in [-0.05, 0) is 51.7 Å². The van der Waals surface area contributed by atoms with Gasteiger partial charge in [0.15, 0.2) is 0 Å². The van der Waals surface area contributed by atoms with Crippen LogP contribution in [0.4, 0.5) is 0 Å². The van der Waals surface area contributed by atoms with Crippen LogP contribution in [0.5, 0.6) is 0 Å². The summed E-state index contributed by atoms with van der Waals surface area (Å²) in [5, 5.41) is 2.06. The van der Waals surface area contributed by atoms with E-state index in [1.807, 2.05) is 24.3 Å². The fourth-order valence-electron chi connectivity index (χ4n) is 1.04. The molecule has 3 heteroatoms. The van der Waals surface area contributed by atoms with Crippen molar-refractivity contribution in [2.75, 3.05) is 0 Å². The Morgan fingerprint density at radius 1 is 1.21 bits per heavy atom. The number of aromatic nitrogens is 1. The third-order valence-corrected chi connectivity index (χ3v) is 3.02. The summed E-state index contributed by atoms with van der Waals surface area (Å²) in [6.45, 7) is 0. The first-order valence-electron chi connectivity index (χ1n) is 4.18. The van der Waals surface area contributed by atoms with E-state index in [-0.39, 0.29) is 0 Å². The lowest BCUT2D eigenvalue weighted by Gasteiger charge is -1.91. The maximum Gasteiger partial charge on any atom is 0.0630 e. The van der Waals surface area contributed by atoms with Gasteiger partial charge in [0, 0.05) is 15.5 Å². The molecule has 2 aromatic heterocycles. The molecule has 0 saturated heterocycles. The fraction of sp³-hybridized carbons (Fsp3) is 0. The fourth-order valence-corrected chi connectivity index (χ4v) is 1.89. The standard InChI is InChI=1S/C11H8BrNS/c12-9-3-4-10(13-8-9)5-6-11-2-1-7-14-11/h1-8H/b6-5-. The van der Waals surface area contributed by atoms with E-state index in [0.29, 0.717) is 0 Å². The third kappa shape index (κ3) is 2.53. The second-order valence-electron chi connectivity index (χ2n) is 2.75. The molecule has 0 aliphatic rings. The zero-order chi connectivity index (χ0) is 9.80. The molecule has 0 aliphatic heterocycles. The second kappa shape index (κ2) is 4.53. The number of thiophene rings is 1. The highest BCUT2D eigenvalue weighted by molar-refractivity contribution is 9.10. The Kier molecular flexibility index (Phi) is 3.11. The first kappa shape index (κ1) is 9.62. The van der Waals surface area contributed by atoms with Crippen LogP contribution in [-0.2, 0) is 0 Å². The van der Waals surface area contributed by atoms with Gasteiger partial charge < -0.3 is 0 Å². The predicted molar refractivity (Wildman–Crippen MR) is 65.2 cm³/mol. The lowest BCUT2D eigenvalue weighted by molar-refractivity contribution is 1.28. The number of rotatable bonds is 2. The molecular formula is C11H8BrNS. The Labute approximate surface area is 95.3 Å². The highest BCUT2D eigenvalue weighted by Gasteiger charge is 1.89. The molecule has 2 aromatic rings. The van der Waals surface area contributed by atoms with E-state index in [1.165, 1.54) is 4.88 Å². The summed E-state index contributed by atoms with van der Waals surface area (Å²) in [5.74, 6) is 0. The van der Waals surface area contributed by atoms with Crippen molar-refractivity contribution in [3.63, 3.8) is 0 Å². The summed E-state index contributed by atoms with van der Waals surface area (Å²) >= 11 is 5.07. The van der Waals surface area contributed by atoms with E-state index in [9.17, 15) is 0 Å². The van der Waals surface area contributed by atoms with Crippen molar-refractivity contribution in [3.8, 4) is 0 Å². The topological polar surface area (TPSA) is 12.9 Å². The molecule has 0 atom stereocenters. The Morgan fingerprint density at radius 2 is 2.14 bits per heavy atom. The van der Waals surface area contributed by atoms with Gasteiger partial charge >= 0.3 is 0 Å². The minimum absolute atomic E-state index is 0.974. The van der Waals surface area contributed by atoms with Gasteiger partial charge in [-0.15, -0.1) is 11.3 Å². The monoisotopic (exact) mass is 265 g/mol. The van der Waals surface area contributed by atoms with Crippen LogP contribution in [-0.4, -0.2) is 4.98 Å². The molecule has 0 amide bonds. The van der Waals surface area contributed by atoms with E-state index < -0.39 is 0 Å². The van der Waals surface area contributed by atoms with Crippen LogP contribution in [0.15, 0.2) is 40.3 Å². The second-order valence-corrected chi connectivity index (χ2v) is 4.64. The molecule has 0 radical (unpaired) electrons. The van der Waals surface area contributed by atoms with Crippen molar-refractivity contribution < 1.29 is 0 Å². The lowest BCUT2D eigenvalue weighted by atomic mass is 10.3. The van der Waals surface area contributed by atoms with E-state index in [2.05, 4.69) is 38.4 Å². The highest BCUT2D eigenvalue weighted by Crippen LogP contribution is 2.13. The smallest absolute Gasteiger partial charge is 0.0630 e. The summed E-state index contributed by atoms with van der Waals surface area (Å²) < 4.78 is 1.01. The SMILES string of the molecule is Brc1ccc(/C=C\c2cccs2)nc1. The predicted octanol–water partition coefficient (Wildman–Crippen LogP) is 4.08. The van der Waals surface area contributed by atoms with Crippen LogP contribution in [0.3, 0.4) is 0 Å². The first-order chi connectivity index (χ1) is 6.84. The molecule has 2 heterocycles. The molecule has 0 unspecified atom stereocenters. The van der Waals surface area contributed by atoms with Crippen molar-refractivity contribution in [1.29, 1.82) is 0 Å². The van der Waals surface area contributed by atoms with Gasteiger partial charge in [-0.1, -0.05) is 6.07 Å². The molecule has 0 N–H and O–H groups in total. The molecule has 14 heavy (non-hydrogen) atoms. The van der Waals surface area contributed by atoms with Crippen molar-refractivity contribution in [2.24, 2.45) is 0 Å². The summed E-state index contributed by atoms with van der Waals surface area (Å²) in [5.41, 5.74) is 0.974. The summed E-state index contributed by atoms with van der Waals surface area (Å²) in [4.78, 5) is 5.49. The average molecular weight is 266 g/mol. The quantitative estimate of drug-likeness (QED) is 0.798. The summed E-state index contributed by atoms with van der Waals surface area (Å²) in [6, 6.07) is 8.09. The number of nitrogens with zero attached hydrogens (tertiary/aromatic N) is 1. The zero-order valence-corrected chi connectivity index (χ0v) is 9.75. The van der Waals surface area contributed by atoms with Crippen LogP contribution in [0, 0.1) is 0 Å². The Bertz CT molecular complexity index is 417. The molecule has 0 spiro atoms. The maximum atomic E-state index is 4.25. The lowest BCUT2D eigenvalue weighted by Crippen LogP contribution is -1.77. The molecule has 0 fully saturated rings. The van der Waals surface area contributed by atoms with Crippen LogP contribution in [0.1, 0.15) is 10.6 Å². The van der Waals surface area contributed by atoms with Crippen molar-refractivity contribution in [3.05, 3.63) is 50.9 Å². The van der Waals surface area contributed by atoms with Gasteiger partial charge in [0.1, 0.15) is 0 Å². The molecule has 1 nitrogen and oxygen atoms in total. The van der Waals surface area contributed by atoms with Gasteiger partial charge in [0.25, 0.3) is 0 Å². The molecule has 0 bridgehead atoms. The van der Waals surface area contributed by atoms with Crippen molar-refractivity contribution >= 4 is 39.4 Å². The molecule has 0 aromatic carbocycles. The van der Waals surface area contributed by atoms with E-state index in [1.54, 1.807) is 17.5 Å². The average Bonchev–Trinajstić information content (AvgIpc) is 2.70. The third-order valence-electron chi connectivity index (χ3n) is 1.71. The van der Waals surface area contributed by atoms with E-state index in [4.69, 9.17) is 0 Å². The minimum Gasteiger partial charge on any atom is -0.256 e. The van der Waals surface area contributed by atoms with Gasteiger partial charge in [-0.2, -0.15) is 0 Å².